The number of halogens is 1. The van der Waals surface area contributed by atoms with Gasteiger partial charge in [0, 0.05) is 12.6 Å². The summed E-state index contributed by atoms with van der Waals surface area (Å²) in [5, 5.41) is 14.0. The molecule has 0 radical (unpaired) electrons. The smallest absolute Gasteiger partial charge is 0.311 e. The fraction of sp³-hybridized carbons (Fsp3) is 0.200. The second-order valence-corrected chi connectivity index (χ2v) is 4.51. The van der Waals surface area contributed by atoms with Gasteiger partial charge in [0.1, 0.15) is 12.4 Å². The Balaban J connectivity index is 2.17. The highest BCUT2D eigenvalue weighted by atomic mass is 19.1. The standard InChI is InChI=1S/C15H15FN2O3/c1-17-9-11-5-6-15(14(8-11)18(19)20)21-10-12-3-2-4-13(16)7-12/h2-8,17H,9-10H2,1H3. The van der Waals surface area contributed by atoms with Crippen LogP contribution in [0.15, 0.2) is 42.5 Å². The van der Waals surface area contributed by atoms with Crippen molar-refractivity contribution in [3.05, 3.63) is 69.5 Å². The van der Waals surface area contributed by atoms with Crippen molar-refractivity contribution in [2.75, 3.05) is 7.05 Å². The number of nitrogens with one attached hydrogen (secondary N) is 1. The number of rotatable bonds is 6. The van der Waals surface area contributed by atoms with Gasteiger partial charge in [-0.05, 0) is 36.4 Å². The largest absolute Gasteiger partial charge is 0.482 e. The third kappa shape index (κ3) is 4.00. The molecule has 0 heterocycles. The summed E-state index contributed by atoms with van der Waals surface area (Å²) in [5.41, 5.74) is 1.31. The molecule has 1 N–H and O–H groups in total. The van der Waals surface area contributed by atoms with Gasteiger partial charge in [-0.1, -0.05) is 18.2 Å². The molecule has 0 spiro atoms. The Morgan fingerprint density at radius 1 is 1.24 bits per heavy atom. The third-order valence-corrected chi connectivity index (χ3v) is 2.88. The molecule has 21 heavy (non-hydrogen) atoms. The third-order valence-electron chi connectivity index (χ3n) is 2.88. The molecule has 5 nitrogen and oxygen atoms in total. The Morgan fingerprint density at radius 2 is 2.05 bits per heavy atom. The van der Waals surface area contributed by atoms with Gasteiger partial charge in [0.25, 0.3) is 0 Å². The summed E-state index contributed by atoms with van der Waals surface area (Å²) in [7, 11) is 1.76. The van der Waals surface area contributed by atoms with Crippen molar-refractivity contribution in [1.82, 2.24) is 5.32 Å². The van der Waals surface area contributed by atoms with Crippen molar-refractivity contribution in [3.8, 4) is 5.75 Å². The van der Waals surface area contributed by atoms with E-state index in [0.29, 0.717) is 12.1 Å². The van der Waals surface area contributed by atoms with Crippen LogP contribution in [0, 0.1) is 15.9 Å². The second kappa shape index (κ2) is 6.81. The van der Waals surface area contributed by atoms with Crippen molar-refractivity contribution in [1.29, 1.82) is 0 Å². The number of nitro benzene ring substituents is 1. The molecule has 0 fully saturated rings. The summed E-state index contributed by atoms with van der Waals surface area (Å²) in [6.07, 6.45) is 0. The van der Waals surface area contributed by atoms with Crippen LogP contribution < -0.4 is 10.1 Å². The molecule has 110 valence electrons. The molecule has 2 aromatic carbocycles. The molecule has 0 aliphatic heterocycles. The lowest BCUT2D eigenvalue weighted by atomic mass is 10.2. The van der Waals surface area contributed by atoms with E-state index in [1.807, 2.05) is 0 Å². The summed E-state index contributed by atoms with van der Waals surface area (Å²) in [5.74, 6) is -0.195. The van der Waals surface area contributed by atoms with Crippen molar-refractivity contribution in [3.63, 3.8) is 0 Å². The minimum absolute atomic E-state index is 0.0734. The molecule has 0 aromatic heterocycles. The van der Waals surface area contributed by atoms with Crippen molar-refractivity contribution in [2.45, 2.75) is 13.2 Å². The van der Waals surface area contributed by atoms with Crippen LogP contribution in [0.25, 0.3) is 0 Å². The normalized spacial score (nSPS) is 10.4. The minimum atomic E-state index is -0.486. The van der Waals surface area contributed by atoms with Gasteiger partial charge in [0.15, 0.2) is 5.75 Å². The van der Waals surface area contributed by atoms with Gasteiger partial charge < -0.3 is 10.1 Å². The Labute approximate surface area is 121 Å². The molecule has 0 atom stereocenters. The van der Waals surface area contributed by atoms with Crippen molar-refractivity contribution >= 4 is 5.69 Å². The fourth-order valence-corrected chi connectivity index (χ4v) is 1.93. The molecule has 2 aromatic rings. The van der Waals surface area contributed by atoms with Gasteiger partial charge >= 0.3 is 5.69 Å². The van der Waals surface area contributed by atoms with Crippen LogP contribution in [0.5, 0.6) is 5.75 Å². The van der Waals surface area contributed by atoms with Crippen LogP contribution in [0.1, 0.15) is 11.1 Å². The van der Waals surface area contributed by atoms with E-state index in [1.165, 1.54) is 18.2 Å². The lowest BCUT2D eigenvalue weighted by molar-refractivity contribution is -0.386. The summed E-state index contributed by atoms with van der Waals surface area (Å²) >= 11 is 0. The zero-order valence-corrected chi connectivity index (χ0v) is 11.5. The molecule has 0 aliphatic rings. The van der Waals surface area contributed by atoms with Crippen LogP contribution in [-0.4, -0.2) is 12.0 Å². The second-order valence-electron chi connectivity index (χ2n) is 4.51. The van der Waals surface area contributed by atoms with Crippen LogP contribution in [0.3, 0.4) is 0 Å². The molecule has 0 unspecified atom stereocenters. The molecule has 0 bridgehead atoms. The SMILES string of the molecule is CNCc1ccc(OCc2cccc(F)c2)c([N+](=O)[O-])c1. The van der Waals surface area contributed by atoms with Gasteiger partial charge in [-0.25, -0.2) is 4.39 Å². The highest BCUT2D eigenvalue weighted by molar-refractivity contribution is 5.48. The molecular weight excluding hydrogens is 275 g/mol. The van der Waals surface area contributed by atoms with Crippen molar-refractivity contribution < 1.29 is 14.1 Å². The lowest BCUT2D eigenvalue weighted by Gasteiger charge is -2.08. The number of nitro groups is 1. The molecule has 2 rings (SSSR count). The number of ether oxygens (including phenoxy) is 1. The number of benzene rings is 2. The maximum absolute atomic E-state index is 13.1. The summed E-state index contributed by atoms with van der Waals surface area (Å²) in [6.45, 7) is 0.606. The molecule has 6 heteroatoms. The fourth-order valence-electron chi connectivity index (χ4n) is 1.93. The first kappa shape index (κ1) is 14.9. The topological polar surface area (TPSA) is 64.4 Å². The van der Waals surface area contributed by atoms with E-state index in [1.54, 1.807) is 31.3 Å². The van der Waals surface area contributed by atoms with Gasteiger partial charge in [-0.15, -0.1) is 0 Å². The highest BCUT2D eigenvalue weighted by Crippen LogP contribution is 2.28. The summed E-state index contributed by atoms with van der Waals surface area (Å²) in [4.78, 5) is 10.6. The van der Waals surface area contributed by atoms with Gasteiger partial charge in [0.05, 0.1) is 4.92 Å². The predicted octanol–water partition coefficient (Wildman–Crippen LogP) is 3.03. The van der Waals surface area contributed by atoms with Crippen molar-refractivity contribution in [2.24, 2.45) is 0 Å². The average molecular weight is 290 g/mol. The maximum atomic E-state index is 13.1. The molecular formula is C15H15FN2O3. The van der Waals surface area contributed by atoms with E-state index < -0.39 is 4.92 Å². The molecule has 0 saturated carbocycles. The van der Waals surface area contributed by atoms with Gasteiger partial charge in [0.2, 0.25) is 0 Å². The quantitative estimate of drug-likeness (QED) is 0.656. The molecule has 0 amide bonds. The van der Waals surface area contributed by atoms with Crippen LogP contribution in [0.2, 0.25) is 0 Å². The Hall–Kier alpha value is -2.47. The Morgan fingerprint density at radius 3 is 2.71 bits per heavy atom. The number of hydrogen-bond acceptors (Lipinski definition) is 4. The van der Waals surface area contributed by atoms with E-state index in [9.17, 15) is 14.5 Å². The van der Waals surface area contributed by atoms with Crippen LogP contribution >= 0.6 is 0 Å². The predicted molar refractivity (Wildman–Crippen MR) is 76.6 cm³/mol. The Bertz CT molecular complexity index is 647. The molecule has 0 aliphatic carbocycles. The minimum Gasteiger partial charge on any atom is -0.482 e. The van der Waals surface area contributed by atoms with E-state index in [-0.39, 0.29) is 23.9 Å². The van der Waals surface area contributed by atoms with Gasteiger partial charge in [-0.3, -0.25) is 10.1 Å². The average Bonchev–Trinajstić information content (AvgIpc) is 2.46. The lowest BCUT2D eigenvalue weighted by Crippen LogP contribution is -2.06. The van der Waals surface area contributed by atoms with E-state index in [4.69, 9.17) is 4.74 Å². The zero-order chi connectivity index (χ0) is 15.2. The van der Waals surface area contributed by atoms with E-state index in [2.05, 4.69) is 5.32 Å². The Kier molecular flexibility index (Phi) is 4.84. The number of nitrogens with zero attached hydrogens (tertiary/aromatic N) is 1. The monoisotopic (exact) mass is 290 g/mol. The van der Waals surface area contributed by atoms with Gasteiger partial charge in [-0.2, -0.15) is 0 Å². The summed E-state index contributed by atoms with van der Waals surface area (Å²) < 4.78 is 18.5. The highest BCUT2D eigenvalue weighted by Gasteiger charge is 2.16. The first-order valence-electron chi connectivity index (χ1n) is 6.39. The molecule has 0 saturated heterocycles. The zero-order valence-electron chi connectivity index (χ0n) is 11.5. The van der Waals surface area contributed by atoms with Crippen LogP contribution in [-0.2, 0) is 13.2 Å². The summed E-state index contributed by atoms with van der Waals surface area (Å²) in [6, 6.07) is 10.7. The first-order valence-corrected chi connectivity index (χ1v) is 6.39. The maximum Gasteiger partial charge on any atom is 0.311 e. The first-order chi connectivity index (χ1) is 10.1. The van der Waals surface area contributed by atoms with E-state index in [0.717, 1.165) is 5.56 Å². The number of hydrogen-bond donors (Lipinski definition) is 1. The van der Waals surface area contributed by atoms with Crippen LogP contribution in [0.4, 0.5) is 10.1 Å². The van der Waals surface area contributed by atoms with E-state index >= 15 is 0 Å².